The molecule has 0 aliphatic heterocycles. The zero-order chi connectivity index (χ0) is 30.4. The Balaban J connectivity index is 3.17. The van der Waals surface area contributed by atoms with Gasteiger partial charge in [0, 0.05) is 19.4 Å². The summed E-state index contributed by atoms with van der Waals surface area (Å²) in [6.45, 7) is 3.54. The highest BCUT2D eigenvalue weighted by Gasteiger charge is 2.31. The molecule has 0 spiro atoms. The van der Waals surface area contributed by atoms with Crippen LogP contribution >= 0.6 is 0 Å². The van der Waals surface area contributed by atoms with Crippen LogP contribution in [0.2, 0.25) is 0 Å². The number of hydrogen-bond donors (Lipinski definition) is 9. The summed E-state index contributed by atoms with van der Waals surface area (Å²) in [7, 11) is 0. The summed E-state index contributed by atoms with van der Waals surface area (Å²) < 4.78 is 0. The minimum Gasteiger partial charge on any atom is -0.508 e. The largest absolute Gasteiger partial charge is 0.508 e. The molecule has 222 valence electrons. The standard InChI is InChI=1S/C25H39N7O8/c1-13(2)20(26)23(38)30-16(9-10-19(34)35)21(36)32-18(12-14-5-7-15(33)8-6-14)22(37)31-17(24(39)40)4-3-11-29-25(27)28/h5-8,13,16-18,20,33H,3-4,9-12,26H2,1-2H3,(H,30,38)(H,31,37)(H,32,36)(H,34,35)(H,39,40)(H4,27,28,29). The highest BCUT2D eigenvalue weighted by Crippen LogP contribution is 2.13. The number of guanidine groups is 1. The van der Waals surface area contributed by atoms with Gasteiger partial charge in [-0.15, -0.1) is 0 Å². The number of carbonyl (C=O) groups excluding carboxylic acids is 3. The number of amides is 3. The van der Waals surface area contributed by atoms with Crippen LogP contribution in [-0.2, 0) is 30.4 Å². The van der Waals surface area contributed by atoms with Crippen molar-refractivity contribution in [2.75, 3.05) is 6.54 Å². The third-order valence-electron chi connectivity index (χ3n) is 5.87. The fourth-order valence-corrected chi connectivity index (χ4v) is 3.49. The molecule has 1 rings (SSSR count). The van der Waals surface area contributed by atoms with Crippen LogP contribution in [0.4, 0.5) is 0 Å². The predicted molar refractivity (Wildman–Crippen MR) is 145 cm³/mol. The minimum atomic E-state index is -1.33. The second-order valence-electron chi connectivity index (χ2n) is 9.54. The Morgan fingerprint density at radius 1 is 0.850 bits per heavy atom. The van der Waals surface area contributed by atoms with E-state index in [-0.39, 0.29) is 49.9 Å². The van der Waals surface area contributed by atoms with Crippen LogP contribution in [0, 0.1) is 5.92 Å². The average Bonchev–Trinajstić information content (AvgIpc) is 2.87. The first-order chi connectivity index (χ1) is 18.7. The number of carboxylic acids is 2. The zero-order valence-corrected chi connectivity index (χ0v) is 22.5. The molecular formula is C25H39N7O8. The van der Waals surface area contributed by atoms with Gasteiger partial charge in [0.2, 0.25) is 17.7 Å². The molecule has 1 aromatic carbocycles. The van der Waals surface area contributed by atoms with Gasteiger partial charge < -0.3 is 48.5 Å². The third kappa shape index (κ3) is 12.4. The van der Waals surface area contributed by atoms with Gasteiger partial charge in [0.1, 0.15) is 23.9 Å². The predicted octanol–water partition coefficient (Wildman–Crippen LogP) is -1.62. The number of aliphatic imine (C=N–C) groups is 1. The van der Waals surface area contributed by atoms with Crippen molar-refractivity contribution in [2.45, 2.75) is 70.1 Å². The van der Waals surface area contributed by atoms with Crippen LogP contribution in [0.15, 0.2) is 29.3 Å². The molecule has 0 aliphatic carbocycles. The van der Waals surface area contributed by atoms with E-state index in [9.17, 15) is 34.2 Å². The van der Waals surface area contributed by atoms with Gasteiger partial charge in [-0.1, -0.05) is 26.0 Å². The maximum atomic E-state index is 13.2. The van der Waals surface area contributed by atoms with E-state index < -0.39 is 60.2 Å². The van der Waals surface area contributed by atoms with E-state index in [0.29, 0.717) is 5.56 Å². The van der Waals surface area contributed by atoms with Crippen molar-refractivity contribution in [1.29, 1.82) is 0 Å². The number of phenolic OH excluding ortho intramolecular Hbond substituents is 1. The maximum Gasteiger partial charge on any atom is 0.326 e. The quantitative estimate of drug-likeness (QED) is 0.0587. The first kappa shape index (κ1) is 33.6. The second-order valence-corrected chi connectivity index (χ2v) is 9.54. The van der Waals surface area contributed by atoms with Crippen molar-refractivity contribution < 1.29 is 39.3 Å². The lowest BCUT2D eigenvalue weighted by atomic mass is 10.0. The van der Waals surface area contributed by atoms with Gasteiger partial charge in [0.15, 0.2) is 5.96 Å². The first-order valence-corrected chi connectivity index (χ1v) is 12.7. The normalized spacial score (nSPS) is 13.8. The molecule has 12 N–H and O–H groups in total. The molecule has 0 aliphatic rings. The topological polar surface area (TPSA) is 273 Å². The Bertz CT molecular complexity index is 1060. The van der Waals surface area contributed by atoms with Gasteiger partial charge in [-0.2, -0.15) is 0 Å². The van der Waals surface area contributed by atoms with Crippen LogP contribution in [0.3, 0.4) is 0 Å². The minimum absolute atomic E-state index is 0.0118. The van der Waals surface area contributed by atoms with E-state index in [2.05, 4.69) is 20.9 Å². The molecule has 40 heavy (non-hydrogen) atoms. The highest BCUT2D eigenvalue weighted by molar-refractivity contribution is 5.94. The number of nitrogens with one attached hydrogen (secondary N) is 3. The lowest BCUT2D eigenvalue weighted by molar-refractivity contribution is -0.142. The van der Waals surface area contributed by atoms with E-state index in [4.69, 9.17) is 22.3 Å². The SMILES string of the molecule is CC(C)C(N)C(=O)NC(CCC(=O)O)C(=O)NC(Cc1ccc(O)cc1)C(=O)NC(CCCN=C(N)N)C(=O)O. The van der Waals surface area contributed by atoms with Gasteiger partial charge in [-0.3, -0.25) is 24.2 Å². The molecule has 0 saturated carbocycles. The van der Waals surface area contributed by atoms with Crippen LogP contribution in [-0.4, -0.2) is 81.7 Å². The van der Waals surface area contributed by atoms with E-state index in [1.165, 1.54) is 24.3 Å². The van der Waals surface area contributed by atoms with Gasteiger partial charge in [0.25, 0.3) is 0 Å². The van der Waals surface area contributed by atoms with Gasteiger partial charge in [-0.05, 0) is 42.9 Å². The molecule has 4 unspecified atom stereocenters. The van der Waals surface area contributed by atoms with Crippen molar-refractivity contribution in [1.82, 2.24) is 16.0 Å². The number of phenols is 1. The van der Waals surface area contributed by atoms with E-state index >= 15 is 0 Å². The van der Waals surface area contributed by atoms with Crippen LogP contribution in [0.1, 0.15) is 45.1 Å². The Kier molecular flexibility index (Phi) is 13.9. The van der Waals surface area contributed by atoms with Crippen molar-refractivity contribution >= 4 is 35.6 Å². The summed E-state index contributed by atoms with van der Waals surface area (Å²) in [5, 5.41) is 35.6. The number of aliphatic carboxylic acids is 2. The third-order valence-corrected chi connectivity index (χ3v) is 5.87. The number of hydrogen-bond acceptors (Lipinski definition) is 8. The summed E-state index contributed by atoms with van der Waals surface area (Å²) >= 11 is 0. The van der Waals surface area contributed by atoms with Crippen molar-refractivity contribution in [3.8, 4) is 5.75 Å². The maximum absolute atomic E-state index is 13.2. The lowest BCUT2D eigenvalue weighted by Gasteiger charge is -2.25. The average molecular weight is 566 g/mol. The van der Waals surface area contributed by atoms with Crippen molar-refractivity contribution in [2.24, 2.45) is 28.1 Å². The summed E-state index contributed by atoms with van der Waals surface area (Å²) in [6.07, 6.45) is -0.621. The molecule has 15 heteroatoms. The summed E-state index contributed by atoms with van der Waals surface area (Å²) in [5.74, 6) is -5.35. The molecule has 0 heterocycles. The number of aromatic hydroxyl groups is 1. The number of nitrogens with two attached hydrogens (primary N) is 3. The Hall–Kier alpha value is -4.40. The summed E-state index contributed by atoms with van der Waals surface area (Å²) in [4.78, 5) is 65.6. The molecule has 0 bridgehead atoms. The Morgan fingerprint density at radius 3 is 1.93 bits per heavy atom. The smallest absolute Gasteiger partial charge is 0.326 e. The van der Waals surface area contributed by atoms with E-state index in [1.54, 1.807) is 13.8 Å². The fourth-order valence-electron chi connectivity index (χ4n) is 3.49. The van der Waals surface area contributed by atoms with Crippen molar-refractivity contribution in [3.05, 3.63) is 29.8 Å². The van der Waals surface area contributed by atoms with Crippen LogP contribution < -0.4 is 33.2 Å². The van der Waals surface area contributed by atoms with Crippen LogP contribution in [0.25, 0.3) is 0 Å². The Morgan fingerprint density at radius 2 is 1.40 bits per heavy atom. The second kappa shape index (κ2) is 16.5. The molecule has 15 nitrogen and oxygen atoms in total. The number of carboxylic acid groups (broad SMARTS) is 2. The first-order valence-electron chi connectivity index (χ1n) is 12.7. The molecule has 3 amide bonds. The van der Waals surface area contributed by atoms with E-state index in [1.807, 2.05) is 0 Å². The zero-order valence-electron chi connectivity index (χ0n) is 22.5. The van der Waals surface area contributed by atoms with Gasteiger partial charge in [0.05, 0.1) is 6.04 Å². The highest BCUT2D eigenvalue weighted by atomic mass is 16.4. The lowest BCUT2D eigenvalue weighted by Crippen LogP contribution is -2.58. The Labute approximate surface area is 231 Å². The van der Waals surface area contributed by atoms with Gasteiger partial charge >= 0.3 is 11.9 Å². The van der Waals surface area contributed by atoms with Crippen LogP contribution in [0.5, 0.6) is 5.75 Å². The summed E-state index contributed by atoms with van der Waals surface area (Å²) in [5.41, 5.74) is 16.9. The van der Waals surface area contributed by atoms with Gasteiger partial charge in [-0.25, -0.2) is 4.79 Å². The number of carbonyl (C=O) groups is 5. The number of rotatable bonds is 17. The molecule has 0 saturated heterocycles. The molecule has 0 fully saturated rings. The number of nitrogens with zero attached hydrogens (tertiary/aromatic N) is 1. The van der Waals surface area contributed by atoms with E-state index in [0.717, 1.165) is 0 Å². The molecule has 0 radical (unpaired) electrons. The monoisotopic (exact) mass is 565 g/mol. The molecule has 0 aromatic heterocycles. The fraction of sp³-hybridized carbons (Fsp3) is 0.520. The summed E-state index contributed by atoms with van der Waals surface area (Å²) in [6, 6.07) is 0.823. The molecule has 1 aromatic rings. The molecule has 4 atom stereocenters. The van der Waals surface area contributed by atoms with Crippen molar-refractivity contribution in [3.63, 3.8) is 0 Å². The number of benzene rings is 1. The molecular weight excluding hydrogens is 526 g/mol.